The lowest BCUT2D eigenvalue weighted by Crippen LogP contribution is -2.11. The molecule has 0 radical (unpaired) electrons. The number of rotatable bonds is 7. The highest BCUT2D eigenvalue weighted by Gasteiger charge is 2.10. The highest BCUT2D eigenvalue weighted by atomic mass is 16.5. The molecule has 0 amide bonds. The zero-order chi connectivity index (χ0) is 19.1. The second-order valence-electron chi connectivity index (χ2n) is 5.73. The molecule has 27 heavy (non-hydrogen) atoms. The van der Waals surface area contributed by atoms with Gasteiger partial charge in [-0.15, -0.1) is 0 Å². The van der Waals surface area contributed by atoms with E-state index in [4.69, 9.17) is 18.9 Å². The zero-order valence-corrected chi connectivity index (χ0v) is 15.2. The molecule has 0 aliphatic rings. The van der Waals surface area contributed by atoms with Crippen LogP contribution in [0, 0.1) is 0 Å². The maximum atomic E-state index is 12.2. The van der Waals surface area contributed by atoms with Gasteiger partial charge in [0.15, 0.2) is 11.5 Å². The molecule has 0 heterocycles. The molecule has 3 aromatic rings. The Kier molecular flexibility index (Phi) is 5.94. The summed E-state index contributed by atoms with van der Waals surface area (Å²) in [6.45, 7) is 0. The van der Waals surface area contributed by atoms with Gasteiger partial charge in [-0.25, -0.2) is 0 Å². The Labute approximate surface area is 158 Å². The van der Waals surface area contributed by atoms with Crippen LogP contribution in [0.25, 0.3) is 0 Å². The third kappa shape index (κ3) is 5.01. The molecule has 0 fully saturated rings. The molecule has 0 aliphatic carbocycles. The number of carbonyl (C=O) groups excluding carboxylic acids is 1. The highest BCUT2D eigenvalue weighted by Crippen LogP contribution is 2.28. The number of hydrogen-bond donors (Lipinski definition) is 0. The predicted molar refractivity (Wildman–Crippen MR) is 102 cm³/mol. The van der Waals surface area contributed by atoms with Crippen LogP contribution < -0.4 is 18.9 Å². The fraction of sp³-hybridized carbons (Fsp3) is 0.136. The first-order valence-corrected chi connectivity index (χ1v) is 8.42. The van der Waals surface area contributed by atoms with E-state index in [0.29, 0.717) is 23.0 Å². The molecule has 0 bridgehead atoms. The summed E-state index contributed by atoms with van der Waals surface area (Å²) in [5, 5.41) is 0. The summed E-state index contributed by atoms with van der Waals surface area (Å²) in [6.07, 6.45) is 0.128. The molecule has 0 unspecified atom stereocenters. The molecule has 3 aromatic carbocycles. The Balaban J connectivity index is 1.59. The van der Waals surface area contributed by atoms with Crippen molar-refractivity contribution >= 4 is 5.97 Å². The first-order chi connectivity index (χ1) is 13.2. The van der Waals surface area contributed by atoms with E-state index in [1.165, 1.54) is 0 Å². The van der Waals surface area contributed by atoms with Crippen molar-refractivity contribution in [3.8, 4) is 28.7 Å². The molecule has 5 nitrogen and oxygen atoms in total. The Morgan fingerprint density at radius 3 is 2.04 bits per heavy atom. The Hall–Kier alpha value is -3.47. The summed E-state index contributed by atoms with van der Waals surface area (Å²) in [6, 6.07) is 21.7. The average Bonchev–Trinajstić information content (AvgIpc) is 2.70. The van der Waals surface area contributed by atoms with E-state index in [9.17, 15) is 4.79 Å². The summed E-state index contributed by atoms with van der Waals surface area (Å²) in [7, 11) is 3.12. The quantitative estimate of drug-likeness (QED) is 0.451. The maximum Gasteiger partial charge on any atom is 0.315 e. The van der Waals surface area contributed by atoms with Crippen molar-refractivity contribution in [2.24, 2.45) is 0 Å². The van der Waals surface area contributed by atoms with Crippen LogP contribution in [0.2, 0.25) is 0 Å². The van der Waals surface area contributed by atoms with Gasteiger partial charge in [-0.05, 0) is 54.1 Å². The lowest BCUT2D eigenvalue weighted by Gasteiger charge is -2.10. The minimum atomic E-state index is -0.362. The monoisotopic (exact) mass is 364 g/mol. The SMILES string of the molecule is COc1ccc(CC(=O)Oc2ccc(Oc3ccccc3)cc2)cc1OC. The van der Waals surface area contributed by atoms with Gasteiger partial charge in [0, 0.05) is 0 Å². The van der Waals surface area contributed by atoms with E-state index >= 15 is 0 Å². The van der Waals surface area contributed by atoms with Crippen molar-refractivity contribution < 1.29 is 23.7 Å². The number of hydrogen-bond acceptors (Lipinski definition) is 5. The van der Waals surface area contributed by atoms with Crippen molar-refractivity contribution in [1.29, 1.82) is 0 Å². The van der Waals surface area contributed by atoms with Crippen molar-refractivity contribution in [2.45, 2.75) is 6.42 Å². The predicted octanol–water partition coefficient (Wildman–Crippen LogP) is 4.64. The molecule has 0 spiro atoms. The van der Waals surface area contributed by atoms with Crippen LogP contribution in [-0.4, -0.2) is 20.2 Å². The number of esters is 1. The van der Waals surface area contributed by atoms with Gasteiger partial charge < -0.3 is 18.9 Å². The molecular formula is C22H20O5. The number of para-hydroxylation sites is 1. The molecule has 0 saturated carbocycles. The van der Waals surface area contributed by atoms with Gasteiger partial charge >= 0.3 is 5.97 Å². The minimum absolute atomic E-state index is 0.128. The van der Waals surface area contributed by atoms with Crippen LogP contribution in [0.3, 0.4) is 0 Å². The van der Waals surface area contributed by atoms with Crippen molar-refractivity contribution in [3.63, 3.8) is 0 Å². The third-order valence-corrected chi connectivity index (χ3v) is 3.83. The van der Waals surface area contributed by atoms with Crippen molar-refractivity contribution in [2.75, 3.05) is 14.2 Å². The van der Waals surface area contributed by atoms with E-state index < -0.39 is 0 Å². The maximum absolute atomic E-state index is 12.2. The van der Waals surface area contributed by atoms with Crippen molar-refractivity contribution in [1.82, 2.24) is 0 Å². The molecule has 5 heteroatoms. The number of methoxy groups -OCH3 is 2. The van der Waals surface area contributed by atoms with Crippen LogP contribution in [0.5, 0.6) is 28.7 Å². The largest absolute Gasteiger partial charge is 0.493 e. The number of carbonyl (C=O) groups is 1. The molecule has 0 saturated heterocycles. The van der Waals surface area contributed by atoms with E-state index in [2.05, 4.69) is 0 Å². The van der Waals surface area contributed by atoms with Crippen LogP contribution in [-0.2, 0) is 11.2 Å². The topological polar surface area (TPSA) is 54.0 Å². The smallest absolute Gasteiger partial charge is 0.315 e. The van der Waals surface area contributed by atoms with E-state index in [0.717, 1.165) is 11.3 Å². The lowest BCUT2D eigenvalue weighted by molar-refractivity contribution is -0.133. The standard InChI is InChI=1S/C22H20O5/c1-24-20-13-8-16(14-21(20)25-2)15-22(23)27-19-11-9-18(10-12-19)26-17-6-4-3-5-7-17/h3-14H,15H2,1-2H3. The van der Waals surface area contributed by atoms with Gasteiger partial charge in [0.1, 0.15) is 17.2 Å². The van der Waals surface area contributed by atoms with E-state index in [1.54, 1.807) is 56.7 Å². The Morgan fingerprint density at radius 2 is 1.37 bits per heavy atom. The molecule has 0 aromatic heterocycles. The van der Waals surface area contributed by atoms with Crippen molar-refractivity contribution in [3.05, 3.63) is 78.4 Å². The first kappa shape index (κ1) is 18.3. The van der Waals surface area contributed by atoms with E-state index in [1.807, 2.05) is 30.3 Å². The van der Waals surface area contributed by atoms with Gasteiger partial charge in [0.05, 0.1) is 20.6 Å². The van der Waals surface area contributed by atoms with Gasteiger partial charge in [-0.3, -0.25) is 4.79 Å². The fourth-order valence-electron chi connectivity index (χ4n) is 2.53. The second kappa shape index (κ2) is 8.76. The Bertz CT molecular complexity index is 888. The van der Waals surface area contributed by atoms with Crippen LogP contribution in [0.15, 0.2) is 72.8 Å². The van der Waals surface area contributed by atoms with Crippen LogP contribution >= 0.6 is 0 Å². The zero-order valence-electron chi connectivity index (χ0n) is 15.2. The van der Waals surface area contributed by atoms with E-state index in [-0.39, 0.29) is 12.4 Å². The molecule has 0 N–H and O–H groups in total. The lowest BCUT2D eigenvalue weighted by atomic mass is 10.1. The Morgan fingerprint density at radius 1 is 0.741 bits per heavy atom. The normalized spacial score (nSPS) is 10.1. The fourth-order valence-corrected chi connectivity index (χ4v) is 2.53. The molecular weight excluding hydrogens is 344 g/mol. The van der Waals surface area contributed by atoms with Gasteiger partial charge in [0.25, 0.3) is 0 Å². The summed E-state index contributed by atoms with van der Waals surface area (Å²) in [5.41, 5.74) is 0.779. The molecule has 0 atom stereocenters. The summed E-state index contributed by atoms with van der Waals surface area (Å²) >= 11 is 0. The summed E-state index contributed by atoms with van der Waals surface area (Å²) < 4.78 is 21.5. The highest BCUT2D eigenvalue weighted by molar-refractivity contribution is 5.75. The molecule has 138 valence electrons. The minimum Gasteiger partial charge on any atom is -0.493 e. The van der Waals surface area contributed by atoms with Gasteiger partial charge in [-0.1, -0.05) is 24.3 Å². The number of ether oxygens (including phenoxy) is 4. The van der Waals surface area contributed by atoms with Crippen LogP contribution in [0.4, 0.5) is 0 Å². The molecule has 3 rings (SSSR count). The van der Waals surface area contributed by atoms with Gasteiger partial charge in [0.2, 0.25) is 0 Å². The van der Waals surface area contributed by atoms with Gasteiger partial charge in [-0.2, -0.15) is 0 Å². The summed E-state index contributed by atoms with van der Waals surface area (Å²) in [4.78, 5) is 12.2. The van der Waals surface area contributed by atoms with Crippen LogP contribution in [0.1, 0.15) is 5.56 Å². The molecule has 0 aliphatic heterocycles. The third-order valence-electron chi connectivity index (χ3n) is 3.83. The first-order valence-electron chi connectivity index (χ1n) is 8.42. The summed E-state index contributed by atoms with van der Waals surface area (Å²) in [5.74, 6) is 2.70. The average molecular weight is 364 g/mol. The second-order valence-corrected chi connectivity index (χ2v) is 5.73. The number of benzene rings is 3.